The van der Waals surface area contributed by atoms with Crippen molar-refractivity contribution < 1.29 is 22.7 Å². The molecular formula is C18H17BrN2O5S. The maximum absolute atomic E-state index is 13.1. The van der Waals surface area contributed by atoms with Gasteiger partial charge in [0.15, 0.2) is 5.78 Å². The largest absolute Gasteiger partial charge is 0.486 e. The van der Waals surface area contributed by atoms with Crippen molar-refractivity contribution in [2.24, 2.45) is 0 Å². The quantitative estimate of drug-likeness (QED) is 0.691. The number of rotatable bonds is 5. The zero-order chi connectivity index (χ0) is 19.8. The van der Waals surface area contributed by atoms with Crippen molar-refractivity contribution in [1.82, 2.24) is 0 Å². The van der Waals surface area contributed by atoms with Crippen LogP contribution < -0.4 is 13.9 Å². The zero-order valence-corrected chi connectivity index (χ0v) is 17.1. The Morgan fingerprint density at radius 1 is 1.15 bits per heavy atom. The number of carbonyl (C=O) groups excluding carboxylic acids is 2. The highest BCUT2D eigenvalue weighted by atomic mass is 79.9. The van der Waals surface area contributed by atoms with E-state index in [9.17, 15) is 18.0 Å². The maximum Gasteiger partial charge on any atom is 0.343 e. The third-order valence-corrected chi connectivity index (χ3v) is 6.24. The van der Waals surface area contributed by atoms with Crippen LogP contribution in [0.15, 0.2) is 51.8 Å². The minimum absolute atomic E-state index is 0.00189. The summed E-state index contributed by atoms with van der Waals surface area (Å²) in [6.07, 6.45) is 0. The lowest BCUT2D eigenvalue weighted by molar-refractivity contribution is -0.118. The fourth-order valence-corrected chi connectivity index (χ4v) is 4.58. The summed E-state index contributed by atoms with van der Waals surface area (Å²) in [5, 5.41) is 0. The van der Waals surface area contributed by atoms with Crippen LogP contribution in [0.4, 0.5) is 16.2 Å². The summed E-state index contributed by atoms with van der Waals surface area (Å²) in [5.74, 6) is 0.160. The molecule has 0 radical (unpaired) electrons. The second-order valence-corrected chi connectivity index (χ2v) is 8.56. The van der Waals surface area contributed by atoms with Crippen molar-refractivity contribution >= 4 is 49.1 Å². The van der Waals surface area contributed by atoms with Gasteiger partial charge in [-0.1, -0.05) is 15.9 Å². The van der Waals surface area contributed by atoms with Gasteiger partial charge in [0, 0.05) is 17.1 Å². The fourth-order valence-electron chi connectivity index (χ4n) is 2.75. The minimum Gasteiger partial charge on any atom is -0.486 e. The number of hydrogen-bond acceptors (Lipinski definition) is 5. The Hall–Kier alpha value is -2.39. The molecule has 0 atom stereocenters. The van der Waals surface area contributed by atoms with Gasteiger partial charge in [-0.2, -0.15) is 4.31 Å². The van der Waals surface area contributed by atoms with E-state index < -0.39 is 16.1 Å². The Morgan fingerprint density at radius 2 is 1.81 bits per heavy atom. The SMILES string of the molecule is CCN1C(=O)N(c2ccc(Br)cc2)S(=O)(=O)c2ccc(OCC(C)=O)cc21. The summed E-state index contributed by atoms with van der Waals surface area (Å²) in [6.45, 7) is 3.28. The van der Waals surface area contributed by atoms with E-state index in [1.807, 2.05) is 0 Å². The van der Waals surface area contributed by atoms with E-state index in [0.29, 0.717) is 5.75 Å². The van der Waals surface area contributed by atoms with E-state index in [1.54, 1.807) is 31.2 Å². The standard InChI is InChI=1S/C18H17BrN2O5S/c1-3-20-16-10-15(26-11-12(2)22)8-9-17(16)27(24,25)21(18(20)23)14-6-4-13(19)5-7-14/h4-10H,3,11H2,1-2H3. The van der Waals surface area contributed by atoms with E-state index in [4.69, 9.17) is 4.74 Å². The predicted molar refractivity (Wildman–Crippen MR) is 105 cm³/mol. The van der Waals surface area contributed by atoms with Crippen molar-refractivity contribution in [2.45, 2.75) is 18.7 Å². The fraction of sp³-hybridized carbons (Fsp3) is 0.222. The van der Waals surface area contributed by atoms with E-state index in [0.717, 1.165) is 8.78 Å². The van der Waals surface area contributed by atoms with Crippen LogP contribution in [-0.4, -0.2) is 33.4 Å². The maximum atomic E-state index is 13.1. The molecule has 142 valence electrons. The summed E-state index contributed by atoms with van der Waals surface area (Å²) in [5.41, 5.74) is 0.487. The molecule has 0 fully saturated rings. The van der Waals surface area contributed by atoms with Gasteiger partial charge in [-0.25, -0.2) is 13.2 Å². The molecule has 0 saturated heterocycles. The molecule has 1 heterocycles. The third-order valence-electron chi connectivity index (χ3n) is 3.96. The molecule has 0 spiro atoms. The number of carbonyl (C=O) groups is 2. The van der Waals surface area contributed by atoms with Gasteiger partial charge >= 0.3 is 6.03 Å². The molecule has 2 aromatic carbocycles. The Labute approximate surface area is 165 Å². The molecule has 0 saturated carbocycles. The first-order valence-corrected chi connectivity index (χ1v) is 10.4. The van der Waals surface area contributed by atoms with Crippen LogP contribution in [0, 0.1) is 0 Å². The molecule has 0 bridgehead atoms. The first kappa shape index (κ1) is 19.4. The zero-order valence-electron chi connectivity index (χ0n) is 14.7. The summed E-state index contributed by atoms with van der Waals surface area (Å²) < 4.78 is 33.1. The predicted octanol–water partition coefficient (Wildman–Crippen LogP) is 3.57. The number of Topliss-reactive ketones (excluding diaryl/α,β-unsaturated/α-hetero) is 1. The smallest absolute Gasteiger partial charge is 0.343 e. The highest BCUT2D eigenvalue weighted by Crippen LogP contribution is 2.39. The molecular weight excluding hydrogens is 436 g/mol. The molecule has 9 heteroatoms. The van der Waals surface area contributed by atoms with Crippen LogP contribution in [0.5, 0.6) is 5.75 Å². The first-order valence-electron chi connectivity index (χ1n) is 8.14. The number of benzene rings is 2. The van der Waals surface area contributed by atoms with E-state index in [2.05, 4.69) is 15.9 Å². The molecule has 2 amide bonds. The Bertz CT molecular complexity index is 1000. The number of amides is 2. The Balaban J connectivity index is 2.11. The molecule has 0 N–H and O–H groups in total. The van der Waals surface area contributed by atoms with Crippen molar-refractivity contribution in [1.29, 1.82) is 0 Å². The lowest BCUT2D eigenvalue weighted by atomic mass is 10.2. The molecule has 1 aliphatic heterocycles. The number of ketones is 1. The number of halogens is 1. The highest BCUT2D eigenvalue weighted by molar-refractivity contribution is 9.10. The summed E-state index contributed by atoms with van der Waals surface area (Å²) in [4.78, 5) is 25.4. The van der Waals surface area contributed by atoms with Gasteiger partial charge < -0.3 is 4.74 Å². The number of ether oxygens (including phenoxy) is 1. The topological polar surface area (TPSA) is 84.0 Å². The third kappa shape index (κ3) is 3.57. The number of sulfonamides is 1. The van der Waals surface area contributed by atoms with Crippen molar-refractivity contribution in [3.8, 4) is 5.75 Å². The van der Waals surface area contributed by atoms with Crippen molar-refractivity contribution in [3.05, 3.63) is 46.9 Å². The van der Waals surface area contributed by atoms with Crippen molar-refractivity contribution in [3.63, 3.8) is 0 Å². The van der Waals surface area contributed by atoms with E-state index in [-0.39, 0.29) is 35.2 Å². The Morgan fingerprint density at radius 3 is 2.41 bits per heavy atom. The lowest BCUT2D eigenvalue weighted by Crippen LogP contribution is -2.51. The minimum atomic E-state index is -4.08. The van der Waals surface area contributed by atoms with Gasteiger partial charge in [0.1, 0.15) is 17.3 Å². The van der Waals surface area contributed by atoms with Crippen LogP contribution >= 0.6 is 15.9 Å². The van der Waals surface area contributed by atoms with Gasteiger partial charge in [0.2, 0.25) is 0 Å². The summed E-state index contributed by atoms with van der Waals surface area (Å²) in [7, 11) is -4.08. The number of nitrogens with zero attached hydrogens (tertiary/aromatic N) is 2. The molecule has 3 rings (SSSR count). The molecule has 2 aromatic rings. The molecule has 1 aliphatic rings. The van der Waals surface area contributed by atoms with E-state index >= 15 is 0 Å². The van der Waals surface area contributed by atoms with Gasteiger partial charge in [-0.3, -0.25) is 9.69 Å². The number of urea groups is 1. The van der Waals surface area contributed by atoms with Gasteiger partial charge in [0.05, 0.1) is 11.4 Å². The van der Waals surface area contributed by atoms with Crippen LogP contribution in [0.1, 0.15) is 13.8 Å². The molecule has 7 nitrogen and oxygen atoms in total. The molecule has 27 heavy (non-hydrogen) atoms. The van der Waals surface area contributed by atoms with Gasteiger partial charge in [-0.15, -0.1) is 0 Å². The average Bonchev–Trinajstić information content (AvgIpc) is 2.61. The summed E-state index contributed by atoms with van der Waals surface area (Å²) >= 11 is 3.30. The molecule has 0 aliphatic carbocycles. The Kier molecular flexibility index (Phi) is 5.25. The van der Waals surface area contributed by atoms with E-state index in [1.165, 1.54) is 30.0 Å². The van der Waals surface area contributed by atoms with Gasteiger partial charge in [0.25, 0.3) is 10.0 Å². The first-order chi connectivity index (χ1) is 12.8. The number of fused-ring (bicyclic) bond motifs is 1. The molecule has 0 aromatic heterocycles. The molecule has 0 unspecified atom stereocenters. The normalized spacial score (nSPS) is 15.4. The highest BCUT2D eigenvalue weighted by Gasteiger charge is 2.42. The summed E-state index contributed by atoms with van der Waals surface area (Å²) in [6, 6.07) is 10.1. The monoisotopic (exact) mass is 452 g/mol. The van der Waals surface area contributed by atoms with Gasteiger partial charge in [-0.05, 0) is 50.2 Å². The van der Waals surface area contributed by atoms with Crippen LogP contribution in [0.3, 0.4) is 0 Å². The second-order valence-electron chi connectivity index (χ2n) is 5.89. The van der Waals surface area contributed by atoms with Crippen LogP contribution in [0.25, 0.3) is 0 Å². The number of anilines is 2. The van der Waals surface area contributed by atoms with Crippen LogP contribution in [0.2, 0.25) is 0 Å². The average molecular weight is 453 g/mol. The second kappa shape index (κ2) is 7.32. The number of hydrogen-bond donors (Lipinski definition) is 0. The van der Waals surface area contributed by atoms with Crippen LogP contribution in [-0.2, 0) is 14.8 Å². The lowest BCUT2D eigenvalue weighted by Gasteiger charge is -2.35. The van der Waals surface area contributed by atoms with Crippen molar-refractivity contribution in [2.75, 3.05) is 22.4 Å².